The molecule has 0 saturated carbocycles. The van der Waals surface area contributed by atoms with Gasteiger partial charge in [-0.25, -0.2) is 9.97 Å². The van der Waals surface area contributed by atoms with Crippen molar-refractivity contribution in [3.8, 4) is 11.4 Å². The zero-order valence-electron chi connectivity index (χ0n) is 13.7. The highest BCUT2D eigenvalue weighted by Gasteiger charge is 2.15. The summed E-state index contributed by atoms with van der Waals surface area (Å²) in [7, 11) is 0. The molecule has 122 valence electrons. The minimum absolute atomic E-state index is 0.664. The van der Waals surface area contributed by atoms with Crippen LogP contribution < -0.4 is 10.6 Å². The molecule has 2 aromatic rings. The average molecular weight is 331 g/mol. The topological polar surface area (TPSA) is 49.8 Å². The number of hydrogen-bond acceptors (Lipinski definition) is 4. The fourth-order valence-electron chi connectivity index (χ4n) is 2.87. The molecule has 1 unspecified atom stereocenters. The second kappa shape index (κ2) is 7.28. The first-order valence-corrected chi connectivity index (χ1v) is 8.57. The molecule has 2 heterocycles. The number of aromatic nitrogens is 2. The summed E-state index contributed by atoms with van der Waals surface area (Å²) in [5, 5.41) is 7.71. The molecule has 1 fully saturated rings. The molecule has 0 bridgehead atoms. The Kier molecular flexibility index (Phi) is 5.13. The molecule has 0 spiro atoms. The Morgan fingerprint density at radius 3 is 2.70 bits per heavy atom. The number of piperidine rings is 1. The van der Waals surface area contributed by atoms with Gasteiger partial charge in [0.05, 0.1) is 0 Å². The van der Waals surface area contributed by atoms with Gasteiger partial charge in [0.15, 0.2) is 5.82 Å². The predicted octanol–water partition coefficient (Wildman–Crippen LogP) is 3.83. The van der Waals surface area contributed by atoms with E-state index in [1.807, 2.05) is 31.2 Å². The zero-order chi connectivity index (χ0) is 16.2. The number of halogens is 1. The maximum atomic E-state index is 5.96. The molecule has 1 aromatic carbocycles. The monoisotopic (exact) mass is 330 g/mol. The van der Waals surface area contributed by atoms with Crippen molar-refractivity contribution in [2.24, 2.45) is 5.92 Å². The molecule has 1 saturated heterocycles. The minimum atomic E-state index is 0.664. The quantitative estimate of drug-likeness (QED) is 0.894. The van der Waals surface area contributed by atoms with Crippen molar-refractivity contribution in [2.45, 2.75) is 26.7 Å². The first kappa shape index (κ1) is 16.2. The molecule has 5 heteroatoms. The van der Waals surface area contributed by atoms with E-state index in [2.05, 4.69) is 22.5 Å². The van der Waals surface area contributed by atoms with Crippen LogP contribution >= 0.6 is 11.6 Å². The van der Waals surface area contributed by atoms with E-state index in [9.17, 15) is 0 Å². The first-order chi connectivity index (χ1) is 11.1. The van der Waals surface area contributed by atoms with Crippen LogP contribution in [0.3, 0.4) is 0 Å². The second-order valence-corrected chi connectivity index (χ2v) is 6.64. The lowest BCUT2D eigenvalue weighted by molar-refractivity contribution is 0.392. The Labute approximate surface area is 142 Å². The Morgan fingerprint density at radius 1 is 1.22 bits per heavy atom. The molecule has 0 radical (unpaired) electrons. The number of anilines is 1. The summed E-state index contributed by atoms with van der Waals surface area (Å²) in [6.45, 7) is 7.28. The normalized spacial score (nSPS) is 18.0. The summed E-state index contributed by atoms with van der Waals surface area (Å²) < 4.78 is 0. The van der Waals surface area contributed by atoms with Crippen LogP contribution in [0, 0.1) is 19.8 Å². The Bertz CT molecular complexity index is 663. The number of benzene rings is 1. The summed E-state index contributed by atoms with van der Waals surface area (Å²) in [5.74, 6) is 2.35. The molecule has 23 heavy (non-hydrogen) atoms. The third-order valence-corrected chi connectivity index (χ3v) is 4.70. The zero-order valence-corrected chi connectivity index (χ0v) is 14.5. The minimum Gasteiger partial charge on any atom is -0.369 e. The van der Waals surface area contributed by atoms with Gasteiger partial charge in [-0.3, -0.25) is 0 Å². The molecular formula is C18H23ClN4. The van der Waals surface area contributed by atoms with Gasteiger partial charge in [0.25, 0.3) is 0 Å². The fourth-order valence-corrected chi connectivity index (χ4v) is 2.99. The van der Waals surface area contributed by atoms with Crippen LogP contribution in [0.1, 0.15) is 24.1 Å². The summed E-state index contributed by atoms with van der Waals surface area (Å²) in [6.07, 6.45) is 2.53. The van der Waals surface area contributed by atoms with Crippen LogP contribution in [-0.4, -0.2) is 29.6 Å². The van der Waals surface area contributed by atoms with Crippen LogP contribution in [0.2, 0.25) is 5.02 Å². The van der Waals surface area contributed by atoms with Gasteiger partial charge < -0.3 is 10.6 Å². The molecule has 2 N–H and O–H groups in total. The van der Waals surface area contributed by atoms with Crippen LogP contribution in [0.25, 0.3) is 11.4 Å². The smallest absolute Gasteiger partial charge is 0.161 e. The van der Waals surface area contributed by atoms with Crippen LogP contribution in [0.4, 0.5) is 5.82 Å². The van der Waals surface area contributed by atoms with Crippen molar-refractivity contribution >= 4 is 17.4 Å². The highest BCUT2D eigenvalue weighted by Crippen LogP contribution is 2.23. The van der Waals surface area contributed by atoms with Crippen LogP contribution in [-0.2, 0) is 0 Å². The van der Waals surface area contributed by atoms with E-state index in [-0.39, 0.29) is 0 Å². The molecule has 0 aliphatic carbocycles. The third-order valence-electron chi connectivity index (χ3n) is 4.45. The SMILES string of the molecule is Cc1nc(-c2ccc(Cl)cc2)nc(NCC2CCCNC2)c1C. The van der Waals surface area contributed by atoms with Crippen molar-refractivity contribution in [3.05, 3.63) is 40.5 Å². The van der Waals surface area contributed by atoms with Crippen LogP contribution in [0.15, 0.2) is 24.3 Å². The van der Waals surface area contributed by atoms with Crippen molar-refractivity contribution in [1.82, 2.24) is 15.3 Å². The molecule has 1 aromatic heterocycles. The summed E-state index contributed by atoms with van der Waals surface area (Å²) in [6, 6.07) is 7.66. The van der Waals surface area contributed by atoms with Gasteiger partial charge in [0.2, 0.25) is 0 Å². The number of rotatable bonds is 4. The third kappa shape index (κ3) is 4.01. The summed E-state index contributed by atoms with van der Waals surface area (Å²) in [4.78, 5) is 9.35. The van der Waals surface area contributed by atoms with E-state index >= 15 is 0 Å². The van der Waals surface area contributed by atoms with E-state index in [0.29, 0.717) is 5.92 Å². The summed E-state index contributed by atoms with van der Waals surface area (Å²) >= 11 is 5.96. The van der Waals surface area contributed by atoms with Gasteiger partial charge in [-0.2, -0.15) is 0 Å². The number of hydrogen-bond donors (Lipinski definition) is 2. The fraction of sp³-hybridized carbons (Fsp3) is 0.444. The van der Waals surface area contributed by atoms with Gasteiger partial charge in [-0.1, -0.05) is 11.6 Å². The highest BCUT2D eigenvalue weighted by atomic mass is 35.5. The molecular weight excluding hydrogens is 308 g/mol. The number of nitrogens with one attached hydrogen (secondary N) is 2. The molecule has 1 aliphatic rings. The predicted molar refractivity (Wildman–Crippen MR) is 96.0 cm³/mol. The van der Waals surface area contributed by atoms with E-state index in [1.165, 1.54) is 12.8 Å². The second-order valence-electron chi connectivity index (χ2n) is 6.21. The summed E-state index contributed by atoms with van der Waals surface area (Å²) in [5.41, 5.74) is 3.11. The van der Waals surface area contributed by atoms with E-state index in [1.54, 1.807) is 0 Å². The van der Waals surface area contributed by atoms with E-state index in [0.717, 1.165) is 53.1 Å². The Morgan fingerprint density at radius 2 is 2.00 bits per heavy atom. The molecule has 1 aliphatic heterocycles. The largest absolute Gasteiger partial charge is 0.369 e. The number of nitrogens with zero attached hydrogens (tertiary/aromatic N) is 2. The van der Waals surface area contributed by atoms with E-state index < -0.39 is 0 Å². The van der Waals surface area contributed by atoms with Gasteiger partial charge in [0.1, 0.15) is 5.82 Å². The Hall–Kier alpha value is -1.65. The first-order valence-electron chi connectivity index (χ1n) is 8.19. The van der Waals surface area contributed by atoms with Crippen molar-refractivity contribution in [3.63, 3.8) is 0 Å². The molecule has 4 nitrogen and oxygen atoms in total. The average Bonchev–Trinajstić information content (AvgIpc) is 2.58. The maximum Gasteiger partial charge on any atom is 0.161 e. The standard InChI is InChI=1S/C18H23ClN4/c1-12-13(2)22-18(15-5-7-16(19)8-6-15)23-17(12)21-11-14-4-3-9-20-10-14/h5-8,14,20H,3-4,9-11H2,1-2H3,(H,21,22,23). The van der Waals surface area contributed by atoms with Crippen LogP contribution in [0.5, 0.6) is 0 Å². The lowest BCUT2D eigenvalue weighted by Gasteiger charge is -2.23. The maximum absolute atomic E-state index is 5.96. The molecule has 1 atom stereocenters. The highest BCUT2D eigenvalue weighted by molar-refractivity contribution is 6.30. The van der Waals surface area contributed by atoms with Gasteiger partial charge in [-0.15, -0.1) is 0 Å². The molecule has 0 amide bonds. The van der Waals surface area contributed by atoms with Gasteiger partial charge in [0, 0.05) is 28.4 Å². The lowest BCUT2D eigenvalue weighted by atomic mass is 10.00. The Balaban J connectivity index is 1.80. The van der Waals surface area contributed by atoms with Crippen molar-refractivity contribution in [1.29, 1.82) is 0 Å². The van der Waals surface area contributed by atoms with Crippen molar-refractivity contribution < 1.29 is 0 Å². The van der Waals surface area contributed by atoms with Gasteiger partial charge in [-0.05, 0) is 70.0 Å². The van der Waals surface area contributed by atoms with Gasteiger partial charge >= 0.3 is 0 Å². The van der Waals surface area contributed by atoms with Crippen molar-refractivity contribution in [2.75, 3.05) is 25.0 Å². The lowest BCUT2D eigenvalue weighted by Crippen LogP contribution is -2.33. The molecule has 3 rings (SSSR count). The number of aryl methyl sites for hydroxylation is 1. The van der Waals surface area contributed by atoms with E-state index in [4.69, 9.17) is 16.6 Å².